The lowest BCUT2D eigenvalue weighted by atomic mass is 10.2. The van der Waals surface area contributed by atoms with Crippen LogP contribution in [-0.2, 0) is 0 Å². The minimum atomic E-state index is 0.754. The van der Waals surface area contributed by atoms with Crippen LogP contribution in [-0.4, -0.2) is 37.6 Å². The Morgan fingerprint density at radius 3 is 2.92 bits per heavy atom. The summed E-state index contributed by atoms with van der Waals surface area (Å²) in [6.45, 7) is 9.51. The molecule has 2 nitrogen and oxygen atoms in total. The van der Waals surface area contributed by atoms with E-state index in [-0.39, 0.29) is 0 Å². The maximum Gasteiger partial charge on any atom is 0.0218 e. The van der Waals surface area contributed by atoms with Crippen molar-refractivity contribution in [1.29, 1.82) is 0 Å². The van der Waals surface area contributed by atoms with Gasteiger partial charge in [0.15, 0.2) is 0 Å². The molecule has 76 valence electrons. The SMILES string of the molecule is C=C(CC)CNCC1CCCN1C. The third-order valence-electron chi connectivity index (χ3n) is 2.93. The lowest BCUT2D eigenvalue weighted by Crippen LogP contribution is -2.36. The summed E-state index contributed by atoms with van der Waals surface area (Å²) >= 11 is 0. The van der Waals surface area contributed by atoms with Crippen molar-refractivity contribution in [3.05, 3.63) is 12.2 Å². The maximum absolute atomic E-state index is 3.98. The molecule has 0 aromatic carbocycles. The number of hydrogen-bond donors (Lipinski definition) is 1. The van der Waals surface area contributed by atoms with Crippen LogP contribution in [0.15, 0.2) is 12.2 Å². The predicted octanol–water partition coefficient (Wildman–Crippen LogP) is 1.64. The lowest BCUT2D eigenvalue weighted by molar-refractivity contribution is 0.302. The minimum absolute atomic E-state index is 0.754. The minimum Gasteiger partial charge on any atom is -0.311 e. The molecular weight excluding hydrogens is 160 g/mol. The van der Waals surface area contributed by atoms with Crippen LogP contribution < -0.4 is 5.32 Å². The molecule has 1 fully saturated rings. The first-order valence-electron chi connectivity index (χ1n) is 5.31. The summed E-state index contributed by atoms with van der Waals surface area (Å²) < 4.78 is 0. The molecule has 0 bridgehead atoms. The van der Waals surface area contributed by atoms with E-state index in [0.717, 1.165) is 25.6 Å². The number of nitrogens with zero attached hydrogens (tertiary/aromatic N) is 1. The third kappa shape index (κ3) is 3.49. The summed E-state index contributed by atoms with van der Waals surface area (Å²) in [6.07, 6.45) is 3.80. The van der Waals surface area contributed by atoms with Gasteiger partial charge >= 0.3 is 0 Å². The van der Waals surface area contributed by atoms with Crippen molar-refractivity contribution in [2.45, 2.75) is 32.2 Å². The van der Waals surface area contributed by atoms with Crippen LogP contribution in [0, 0.1) is 0 Å². The van der Waals surface area contributed by atoms with Gasteiger partial charge < -0.3 is 10.2 Å². The highest BCUT2D eigenvalue weighted by Crippen LogP contribution is 2.13. The van der Waals surface area contributed by atoms with E-state index in [9.17, 15) is 0 Å². The summed E-state index contributed by atoms with van der Waals surface area (Å²) in [5, 5.41) is 3.47. The van der Waals surface area contributed by atoms with Gasteiger partial charge in [0.2, 0.25) is 0 Å². The van der Waals surface area contributed by atoms with Crippen molar-refractivity contribution in [2.75, 3.05) is 26.7 Å². The molecule has 1 saturated heterocycles. The zero-order valence-electron chi connectivity index (χ0n) is 8.97. The van der Waals surface area contributed by atoms with Crippen molar-refractivity contribution in [2.24, 2.45) is 0 Å². The molecule has 0 saturated carbocycles. The van der Waals surface area contributed by atoms with E-state index in [0.29, 0.717) is 0 Å². The molecule has 0 radical (unpaired) electrons. The highest BCUT2D eigenvalue weighted by molar-refractivity contribution is 4.95. The van der Waals surface area contributed by atoms with Crippen LogP contribution in [0.4, 0.5) is 0 Å². The number of hydrogen-bond acceptors (Lipinski definition) is 2. The summed E-state index contributed by atoms with van der Waals surface area (Å²) in [6, 6.07) is 0.754. The molecule has 1 unspecified atom stereocenters. The van der Waals surface area contributed by atoms with Gasteiger partial charge in [-0.3, -0.25) is 0 Å². The van der Waals surface area contributed by atoms with E-state index in [1.54, 1.807) is 0 Å². The molecule has 1 atom stereocenters. The van der Waals surface area contributed by atoms with Crippen molar-refractivity contribution in [1.82, 2.24) is 10.2 Å². The Morgan fingerprint density at radius 2 is 2.38 bits per heavy atom. The average molecular weight is 182 g/mol. The first-order chi connectivity index (χ1) is 6.24. The van der Waals surface area contributed by atoms with E-state index in [1.807, 2.05) is 0 Å². The second kappa shape index (κ2) is 5.40. The van der Waals surface area contributed by atoms with Crippen molar-refractivity contribution < 1.29 is 0 Å². The fraction of sp³-hybridized carbons (Fsp3) is 0.818. The molecule has 2 heteroatoms. The van der Waals surface area contributed by atoms with Crippen LogP contribution in [0.2, 0.25) is 0 Å². The van der Waals surface area contributed by atoms with Crippen LogP contribution in [0.5, 0.6) is 0 Å². The quantitative estimate of drug-likeness (QED) is 0.650. The van der Waals surface area contributed by atoms with Crippen LogP contribution in [0.25, 0.3) is 0 Å². The normalized spacial score (nSPS) is 23.7. The van der Waals surface area contributed by atoms with E-state index in [4.69, 9.17) is 0 Å². The van der Waals surface area contributed by atoms with Crippen LogP contribution in [0.1, 0.15) is 26.2 Å². The molecule has 1 aliphatic rings. The molecule has 0 spiro atoms. The molecule has 0 amide bonds. The Labute approximate surface area is 82.0 Å². The second-order valence-electron chi connectivity index (χ2n) is 4.01. The molecule has 1 aliphatic heterocycles. The van der Waals surface area contributed by atoms with E-state index in [2.05, 4.69) is 30.8 Å². The molecule has 1 heterocycles. The van der Waals surface area contributed by atoms with Gasteiger partial charge in [0, 0.05) is 19.1 Å². The van der Waals surface area contributed by atoms with Crippen molar-refractivity contribution in [3.63, 3.8) is 0 Å². The first kappa shape index (κ1) is 10.7. The van der Waals surface area contributed by atoms with Gasteiger partial charge in [-0.1, -0.05) is 19.1 Å². The summed E-state index contributed by atoms with van der Waals surface area (Å²) in [7, 11) is 2.22. The van der Waals surface area contributed by atoms with Crippen LogP contribution in [0.3, 0.4) is 0 Å². The summed E-state index contributed by atoms with van der Waals surface area (Å²) in [5.41, 5.74) is 1.31. The van der Waals surface area contributed by atoms with Gasteiger partial charge in [0.05, 0.1) is 0 Å². The Hall–Kier alpha value is -0.340. The maximum atomic E-state index is 3.98. The first-order valence-corrected chi connectivity index (χ1v) is 5.31. The monoisotopic (exact) mass is 182 g/mol. The highest BCUT2D eigenvalue weighted by Gasteiger charge is 2.19. The van der Waals surface area contributed by atoms with E-state index >= 15 is 0 Å². The topological polar surface area (TPSA) is 15.3 Å². The Bertz CT molecular complexity index is 165. The fourth-order valence-electron chi connectivity index (χ4n) is 1.78. The standard InChI is InChI=1S/C11H22N2/c1-4-10(2)8-12-9-11-6-5-7-13(11)3/h11-12H,2,4-9H2,1,3H3. The smallest absolute Gasteiger partial charge is 0.0218 e. The molecular formula is C11H22N2. The third-order valence-corrected chi connectivity index (χ3v) is 2.93. The zero-order chi connectivity index (χ0) is 9.68. The van der Waals surface area contributed by atoms with Gasteiger partial charge in [-0.15, -0.1) is 0 Å². The number of likely N-dealkylation sites (tertiary alicyclic amines) is 1. The lowest BCUT2D eigenvalue weighted by Gasteiger charge is -2.19. The van der Waals surface area contributed by atoms with Gasteiger partial charge in [-0.05, 0) is 32.9 Å². The Kier molecular flexibility index (Phi) is 4.46. The highest BCUT2D eigenvalue weighted by atomic mass is 15.2. The fourth-order valence-corrected chi connectivity index (χ4v) is 1.78. The summed E-state index contributed by atoms with van der Waals surface area (Å²) in [4.78, 5) is 2.45. The van der Waals surface area contributed by atoms with E-state index in [1.165, 1.54) is 25.0 Å². The molecule has 1 N–H and O–H groups in total. The van der Waals surface area contributed by atoms with E-state index < -0.39 is 0 Å². The molecule has 0 aliphatic carbocycles. The Balaban J connectivity index is 2.08. The van der Waals surface area contributed by atoms with Gasteiger partial charge in [0.25, 0.3) is 0 Å². The number of nitrogens with one attached hydrogen (secondary N) is 1. The summed E-state index contributed by atoms with van der Waals surface area (Å²) in [5.74, 6) is 0. The zero-order valence-corrected chi connectivity index (χ0v) is 8.97. The molecule has 13 heavy (non-hydrogen) atoms. The molecule has 0 aromatic rings. The number of likely N-dealkylation sites (N-methyl/N-ethyl adjacent to an activating group) is 1. The van der Waals surface area contributed by atoms with Crippen molar-refractivity contribution >= 4 is 0 Å². The average Bonchev–Trinajstić information content (AvgIpc) is 2.52. The van der Waals surface area contributed by atoms with Crippen molar-refractivity contribution in [3.8, 4) is 0 Å². The van der Waals surface area contributed by atoms with Gasteiger partial charge in [-0.25, -0.2) is 0 Å². The van der Waals surface area contributed by atoms with Crippen LogP contribution >= 0.6 is 0 Å². The molecule has 1 rings (SSSR count). The number of rotatable bonds is 5. The predicted molar refractivity (Wildman–Crippen MR) is 58.0 cm³/mol. The largest absolute Gasteiger partial charge is 0.311 e. The van der Waals surface area contributed by atoms with Gasteiger partial charge in [0.1, 0.15) is 0 Å². The van der Waals surface area contributed by atoms with Gasteiger partial charge in [-0.2, -0.15) is 0 Å². The Morgan fingerprint density at radius 1 is 1.62 bits per heavy atom. The second-order valence-corrected chi connectivity index (χ2v) is 4.01. The molecule has 0 aromatic heterocycles.